The number of aryl methyl sites for hydroxylation is 2. The summed E-state index contributed by atoms with van der Waals surface area (Å²) in [4.78, 5) is 16.8. The van der Waals surface area contributed by atoms with Crippen molar-refractivity contribution in [1.29, 1.82) is 0 Å². The van der Waals surface area contributed by atoms with E-state index in [2.05, 4.69) is 20.5 Å². The van der Waals surface area contributed by atoms with Crippen LogP contribution in [0.2, 0.25) is 0 Å². The molecule has 128 valence electrons. The van der Waals surface area contributed by atoms with Gasteiger partial charge in [0.2, 0.25) is 5.13 Å². The zero-order valence-electron chi connectivity index (χ0n) is 13.8. The minimum Gasteiger partial charge on any atom is -0.472 e. The highest BCUT2D eigenvalue weighted by molar-refractivity contribution is 7.17. The van der Waals surface area contributed by atoms with Crippen LogP contribution in [-0.4, -0.2) is 28.2 Å². The number of hydrogen-bond donors (Lipinski definition) is 1. The van der Waals surface area contributed by atoms with E-state index in [0.717, 1.165) is 11.3 Å². The van der Waals surface area contributed by atoms with E-state index >= 15 is 0 Å². The van der Waals surface area contributed by atoms with Crippen LogP contribution in [0.4, 0.5) is 9.52 Å². The number of nitrogens with one attached hydrogen (secondary N) is 1. The number of carbonyl (C=O) groups excluding carboxylic acids is 1. The lowest BCUT2D eigenvalue weighted by Crippen LogP contribution is -2.14. The minimum atomic E-state index is -0.442. The molecule has 0 unspecified atom stereocenters. The molecule has 0 radical (unpaired) electrons. The van der Waals surface area contributed by atoms with E-state index in [9.17, 15) is 9.18 Å². The number of pyridine rings is 1. The molecule has 1 amide bonds. The molecule has 0 fully saturated rings. The first-order chi connectivity index (χ1) is 12.0. The van der Waals surface area contributed by atoms with E-state index in [1.807, 2.05) is 0 Å². The lowest BCUT2D eigenvalue weighted by atomic mass is 9.98. The van der Waals surface area contributed by atoms with E-state index in [0.29, 0.717) is 27.6 Å². The fraction of sp³-hybridized carbons (Fsp3) is 0.176. The third-order valence-electron chi connectivity index (χ3n) is 3.57. The van der Waals surface area contributed by atoms with Crippen LogP contribution >= 0.6 is 11.3 Å². The molecule has 1 aromatic carbocycles. The Balaban J connectivity index is 2.01. The van der Waals surface area contributed by atoms with E-state index in [4.69, 9.17) is 4.74 Å². The second-order valence-corrected chi connectivity index (χ2v) is 6.28. The van der Waals surface area contributed by atoms with Crippen LogP contribution in [-0.2, 0) is 0 Å². The van der Waals surface area contributed by atoms with E-state index in [-0.39, 0.29) is 16.5 Å². The van der Waals surface area contributed by atoms with Gasteiger partial charge in [0, 0.05) is 23.0 Å². The summed E-state index contributed by atoms with van der Waals surface area (Å²) in [5.41, 5.74) is 2.27. The van der Waals surface area contributed by atoms with Gasteiger partial charge in [0.15, 0.2) is 0 Å². The predicted octanol–water partition coefficient (Wildman–Crippen LogP) is 3.62. The maximum Gasteiger partial charge on any atom is 0.295 e. The highest BCUT2D eigenvalue weighted by Gasteiger charge is 2.19. The average molecular weight is 358 g/mol. The zero-order chi connectivity index (χ0) is 18.0. The number of methoxy groups -OCH3 is 1. The number of ether oxygens (including phenoxy) is 1. The maximum atomic E-state index is 14.5. The summed E-state index contributed by atoms with van der Waals surface area (Å²) >= 11 is 1.10. The number of aromatic nitrogens is 3. The van der Waals surface area contributed by atoms with Gasteiger partial charge >= 0.3 is 0 Å². The summed E-state index contributed by atoms with van der Waals surface area (Å²) < 4.78 is 19.5. The van der Waals surface area contributed by atoms with Crippen molar-refractivity contribution in [1.82, 2.24) is 15.2 Å². The smallest absolute Gasteiger partial charge is 0.295 e. The Bertz CT molecular complexity index is 942. The van der Waals surface area contributed by atoms with Gasteiger partial charge in [-0.3, -0.25) is 15.1 Å². The number of nitrogens with zero attached hydrogens (tertiary/aromatic N) is 3. The molecular formula is C17H15FN4O2S. The maximum absolute atomic E-state index is 14.5. The molecule has 0 aliphatic carbocycles. The molecule has 3 rings (SSSR count). The Morgan fingerprint density at radius 1 is 1.24 bits per heavy atom. The SMILES string of the molecule is COc1nnc(NC(=O)c2cnc(C)cc2-c2cccc(C)c2F)s1. The molecule has 0 saturated heterocycles. The fourth-order valence-electron chi connectivity index (χ4n) is 2.33. The van der Waals surface area contributed by atoms with Gasteiger partial charge in [-0.15, -0.1) is 5.10 Å². The molecule has 0 atom stereocenters. The minimum absolute atomic E-state index is 0.254. The van der Waals surface area contributed by atoms with Gasteiger partial charge in [-0.2, -0.15) is 0 Å². The summed E-state index contributed by atoms with van der Waals surface area (Å²) in [6, 6.07) is 6.76. The average Bonchev–Trinajstić information content (AvgIpc) is 3.04. The van der Waals surface area contributed by atoms with Crippen molar-refractivity contribution < 1.29 is 13.9 Å². The summed E-state index contributed by atoms with van der Waals surface area (Å²) in [7, 11) is 1.47. The van der Waals surface area contributed by atoms with Gasteiger partial charge in [0.25, 0.3) is 11.1 Å². The van der Waals surface area contributed by atoms with Crippen molar-refractivity contribution in [3.05, 3.63) is 53.1 Å². The first-order valence-electron chi connectivity index (χ1n) is 7.40. The van der Waals surface area contributed by atoms with Gasteiger partial charge in [-0.1, -0.05) is 23.3 Å². The van der Waals surface area contributed by atoms with Crippen molar-refractivity contribution in [3.63, 3.8) is 0 Å². The van der Waals surface area contributed by atoms with Crippen LogP contribution in [0.15, 0.2) is 30.5 Å². The van der Waals surface area contributed by atoms with E-state index in [1.54, 1.807) is 38.1 Å². The second-order valence-electron chi connectivity index (χ2n) is 5.34. The number of benzene rings is 1. The van der Waals surface area contributed by atoms with E-state index < -0.39 is 5.91 Å². The van der Waals surface area contributed by atoms with Crippen molar-refractivity contribution in [3.8, 4) is 16.3 Å². The first-order valence-corrected chi connectivity index (χ1v) is 8.22. The molecule has 0 aliphatic rings. The number of amides is 1. The van der Waals surface area contributed by atoms with E-state index in [1.165, 1.54) is 13.3 Å². The van der Waals surface area contributed by atoms with Gasteiger partial charge in [-0.25, -0.2) is 4.39 Å². The molecule has 8 heteroatoms. The second kappa shape index (κ2) is 6.94. The zero-order valence-corrected chi connectivity index (χ0v) is 14.6. The van der Waals surface area contributed by atoms with Crippen molar-refractivity contribution in [2.75, 3.05) is 12.4 Å². The molecule has 0 spiro atoms. The molecule has 6 nitrogen and oxygen atoms in total. The molecule has 0 saturated carbocycles. The molecule has 1 N–H and O–H groups in total. The third kappa shape index (κ3) is 3.48. The van der Waals surface area contributed by atoms with Crippen LogP contribution in [0.25, 0.3) is 11.1 Å². The topological polar surface area (TPSA) is 77.0 Å². The number of anilines is 1. The number of rotatable bonds is 4. The molecule has 2 aromatic heterocycles. The highest BCUT2D eigenvalue weighted by atomic mass is 32.1. The Morgan fingerprint density at radius 3 is 2.76 bits per heavy atom. The third-order valence-corrected chi connectivity index (χ3v) is 4.37. The van der Waals surface area contributed by atoms with Crippen LogP contribution in [0, 0.1) is 19.7 Å². The monoisotopic (exact) mass is 358 g/mol. The van der Waals surface area contributed by atoms with Crippen LogP contribution < -0.4 is 10.1 Å². The summed E-state index contributed by atoms with van der Waals surface area (Å²) in [6.45, 7) is 3.47. The number of carbonyl (C=O) groups is 1. The highest BCUT2D eigenvalue weighted by Crippen LogP contribution is 2.29. The summed E-state index contributed by atoms with van der Waals surface area (Å²) in [6.07, 6.45) is 1.43. The van der Waals surface area contributed by atoms with Crippen molar-refractivity contribution in [2.45, 2.75) is 13.8 Å². The molecule has 3 aromatic rings. The van der Waals surface area contributed by atoms with Crippen molar-refractivity contribution >= 4 is 22.4 Å². The molecular weight excluding hydrogens is 343 g/mol. The predicted molar refractivity (Wildman–Crippen MR) is 93.5 cm³/mol. The molecule has 25 heavy (non-hydrogen) atoms. The van der Waals surface area contributed by atoms with Crippen LogP contribution in [0.5, 0.6) is 5.19 Å². The quantitative estimate of drug-likeness (QED) is 0.771. The van der Waals surface area contributed by atoms with Crippen LogP contribution in [0.3, 0.4) is 0 Å². The Morgan fingerprint density at radius 2 is 2.04 bits per heavy atom. The van der Waals surface area contributed by atoms with Gasteiger partial charge in [0.1, 0.15) is 5.82 Å². The Kier molecular flexibility index (Phi) is 4.71. The summed E-state index contributed by atoms with van der Waals surface area (Å²) in [5, 5.41) is 10.8. The standard InChI is InChI=1S/C17H15FN4O2S/c1-9-5-4-6-11(14(9)18)12-7-10(2)19-8-13(12)15(23)20-16-21-22-17(24-3)25-16/h4-8H,1-3H3,(H,20,21,23). The molecule has 0 bridgehead atoms. The number of halogens is 1. The fourth-order valence-corrected chi connectivity index (χ4v) is 2.88. The molecule has 0 aliphatic heterocycles. The lowest BCUT2D eigenvalue weighted by molar-refractivity contribution is 0.102. The number of hydrogen-bond acceptors (Lipinski definition) is 6. The summed E-state index contributed by atoms with van der Waals surface area (Å²) in [5.74, 6) is -0.804. The normalized spacial score (nSPS) is 10.6. The van der Waals surface area contributed by atoms with Gasteiger partial charge in [0.05, 0.1) is 12.7 Å². The lowest BCUT2D eigenvalue weighted by Gasteiger charge is -2.11. The van der Waals surface area contributed by atoms with Gasteiger partial charge in [-0.05, 0) is 36.8 Å². The Hall–Kier alpha value is -2.87. The van der Waals surface area contributed by atoms with Gasteiger partial charge < -0.3 is 4.74 Å². The van der Waals surface area contributed by atoms with Crippen molar-refractivity contribution in [2.24, 2.45) is 0 Å². The molecule has 2 heterocycles. The van der Waals surface area contributed by atoms with Crippen LogP contribution in [0.1, 0.15) is 21.6 Å². The largest absolute Gasteiger partial charge is 0.472 e. The first kappa shape index (κ1) is 17.0. The Labute approximate surface area is 147 Å².